The molecule has 0 unspecified atom stereocenters. The zero-order valence-electron chi connectivity index (χ0n) is 11.0. The first-order chi connectivity index (χ1) is 9.20. The molecule has 1 aromatic carbocycles. The van der Waals surface area contributed by atoms with E-state index in [4.69, 9.17) is 10.1 Å². The summed E-state index contributed by atoms with van der Waals surface area (Å²) in [5.41, 5.74) is 2.10. The minimum atomic E-state index is -0.333. The third-order valence-corrected chi connectivity index (χ3v) is 2.98. The molecular weight excluding hydrogens is 240 g/mol. The summed E-state index contributed by atoms with van der Waals surface area (Å²) < 4.78 is 5.18. The first kappa shape index (κ1) is 13.3. The van der Waals surface area contributed by atoms with Gasteiger partial charge in [0.15, 0.2) is 0 Å². The highest BCUT2D eigenvalue weighted by molar-refractivity contribution is 5.94. The Balaban J connectivity index is 1.90. The SMILES string of the molecule is CCCC(=N)CCOC(=O)c1ccc2cc[nH]c2c1. The predicted molar refractivity (Wildman–Crippen MR) is 75.8 cm³/mol. The number of H-pyrrole nitrogens is 1. The number of hydrogen-bond donors (Lipinski definition) is 2. The van der Waals surface area contributed by atoms with Gasteiger partial charge in [0.1, 0.15) is 0 Å². The van der Waals surface area contributed by atoms with Crippen LogP contribution in [0.2, 0.25) is 0 Å². The lowest BCUT2D eigenvalue weighted by atomic mass is 10.1. The van der Waals surface area contributed by atoms with Crippen molar-refractivity contribution in [1.29, 1.82) is 5.41 Å². The van der Waals surface area contributed by atoms with Gasteiger partial charge in [0.2, 0.25) is 0 Å². The van der Waals surface area contributed by atoms with Gasteiger partial charge in [-0.1, -0.05) is 19.4 Å². The number of aromatic amines is 1. The lowest BCUT2D eigenvalue weighted by Crippen LogP contribution is -2.09. The van der Waals surface area contributed by atoms with Crippen molar-refractivity contribution in [2.45, 2.75) is 26.2 Å². The van der Waals surface area contributed by atoms with Gasteiger partial charge in [0.05, 0.1) is 12.2 Å². The summed E-state index contributed by atoms with van der Waals surface area (Å²) >= 11 is 0. The Morgan fingerprint density at radius 3 is 2.95 bits per heavy atom. The highest BCUT2D eigenvalue weighted by Crippen LogP contribution is 2.14. The summed E-state index contributed by atoms with van der Waals surface area (Å²) in [6.45, 7) is 2.31. The van der Waals surface area contributed by atoms with Crippen molar-refractivity contribution in [3.63, 3.8) is 0 Å². The molecule has 0 atom stereocenters. The fourth-order valence-corrected chi connectivity index (χ4v) is 1.95. The Bertz CT molecular complexity index is 587. The molecule has 0 fully saturated rings. The first-order valence-corrected chi connectivity index (χ1v) is 6.51. The van der Waals surface area contributed by atoms with Crippen LogP contribution in [0.1, 0.15) is 36.5 Å². The highest BCUT2D eigenvalue weighted by atomic mass is 16.5. The Morgan fingerprint density at radius 1 is 1.32 bits per heavy atom. The van der Waals surface area contributed by atoms with Crippen LogP contribution in [-0.2, 0) is 4.74 Å². The number of nitrogens with one attached hydrogen (secondary N) is 2. The average molecular weight is 258 g/mol. The van der Waals surface area contributed by atoms with Gasteiger partial charge >= 0.3 is 5.97 Å². The van der Waals surface area contributed by atoms with E-state index < -0.39 is 0 Å². The lowest BCUT2D eigenvalue weighted by molar-refractivity contribution is 0.0515. The molecule has 0 spiro atoms. The smallest absolute Gasteiger partial charge is 0.338 e. The highest BCUT2D eigenvalue weighted by Gasteiger charge is 2.08. The molecule has 0 amide bonds. The van der Waals surface area contributed by atoms with E-state index in [1.165, 1.54) is 0 Å². The number of aromatic nitrogens is 1. The summed E-state index contributed by atoms with van der Waals surface area (Å²) in [4.78, 5) is 14.9. The molecule has 0 bridgehead atoms. The van der Waals surface area contributed by atoms with Crippen molar-refractivity contribution in [1.82, 2.24) is 4.98 Å². The molecular formula is C15H18N2O2. The Hall–Kier alpha value is -2.10. The Labute approximate surface area is 112 Å². The average Bonchev–Trinajstić information content (AvgIpc) is 2.86. The second kappa shape index (κ2) is 6.18. The summed E-state index contributed by atoms with van der Waals surface area (Å²) in [6, 6.07) is 7.39. The standard InChI is InChI=1S/C15H18N2O2/c1-2-3-13(16)7-9-19-15(18)12-5-4-11-6-8-17-14(11)10-12/h4-6,8,10,16-17H,2-3,7,9H2,1H3. The van der Waals surface area contributed by atoms with Crippen LogP contribution >= 0.6 is 0 Å². The molecule has 100 valence electrons. The van der Waals surface area contributed by atoms with E-state index >= 15 is 0 Å². The van der Waals surface area contributed by atoms with Gasteiger partial charge in [-0.15, -0.1) is 0 Å². The van der Waals surface area contributed by atoms with E-state index in [2.05, 4.69) is 4.98 Å². The molecule has 19 heavy (non-hydrogen) atoms. The lowest BCUT2D eigenvalue weighted by Gasteiger charge is -2.05. The first-order valence-electron chi connectivity index (χ1n) is 6.51. The molecule has 2 rings (SSSR count). The van der Waals surface area contributed by atoms with Gasteiger partial charge < -0.3 is 15.1 Å². The van der Waals surface area contributed by atoms with Crippen molar-refractivity contribution in [2.75, 3.05) is 6.61 Å². The van der Waals surface area contributed by atoms with Crippen LogP contribution in [0.5, 0.6) is 0 Å². The van der Waals surface area contributed by atoms with Crippen LogP contribution in [0.15, 0.2) is 30.5 Å². The Morgan fingerprint density at radius 2 is 2.16 bits per heavy atom. The summed E-state index contributed by atoms with van der Waals surface area (Å²) in [6.07, 6.45) is 4.08. The minimum Gasteiger partial charge on any atom is -0.462 e. The number of ether oxygens (including phenoxy) is 1. The van der Waals surface area contributed by atoms with Gasteiger partial charge in [-0.3, -0.25) is 0 Å². The van der Waals surface area contributed by atoms with Crippen molar-refractivity contribution in [2.24, 2.45) is 0 Å². The number of rotatable bonds is 6. The van der Waals surface area contributed by atoms with E-state index in [0.29, 0.717) is 17.7 Å². The molecule has 0 saturated carbocycles. The van der Waals surface area contributed by atoms with Crippen LogP contribution in [0.3, 0.4) is 0 Å². The van der Waals surface area contributed by atoms with E-state index in [0.717, 1.165) is 23.7 Å². The van der Waals surface area contributed by atoms with Gasteiger partial charge in [-0.05, 0) is 30.0 Å². The zero-order valence-corrected chi connectivity index (χ0v) is 11.0. The predicted octanol–water partition coefficient (Wildman–Crippen LogP) is 3.53. The van der Waals surface area contributed by atoms with Gasteiger partial charge in [-0.25, -0.2) is 4.79 Å². The molecule has 0 aliphatic rings. The maximum Gasteiger partial charge on any atom is 0.338 e. The maximum atomic E-state index is 11.8. The third kappa shape index (κ3) is 3.44. The molecule has 1 heterocycles. The fourth-order valence-electron chi connectivity index (χ4n) is 1.95. The van der Waals surface area contributed by atoms with Crippen molar-refractivity contribution >= 4 is 22.6 Å². The molecule has 1 aromatic heterocycles. The number of hydrogen-bond acceptors (Lipinski definition) is 3. The molecule has 2 aromatic rings. The number of carbonyl (C=O) groups excluding carboxylic acids is 1. The van der Waals surface area contributed by atoms with Crippen molar-refractivity contribution < 1.29 is 9.53 Å². The molecule has 2 N–H and O–H groups in total. The number of esters is 1. The molecule has 4 nitrogen and oxygen atoms in total. The second-order valence-corrected chi connectivity index (χ2v) is 4.52. The number of benzene rings is 1. The quantitative estimate of drug-likeness (QED) is 0.614. The molecule has 0 aliphatic heterocycles. The zero-order chi connectivity index (χ0) is 13.7. The van der Waals surface area contributed by atoms with Crippen LogP contribution in [0, 0.1) is 5.41 Å². The van der Waals surface area contributed by atoms with Gasteiger partial charge in [0.25, 0.3) is 0 Å². The largest absolute Gasteiger partial charge is 0.462 e. The van der Waals surface area contributed by atoms with Crippen molar-refractivity contribution in [3.8, 4) is 0 Å². The molecule has 0 radical (unpaired) electrons. The topological polar surface area (TPSA) is 65.9 Å². The Kier molecular flexibility index (Phi) is 4.34. The van der Waals surface area contributed by atoms with E-state index in [-0.39, 0.29) is 12.6 Å². The van der Waals surface area contributed by atoms with Crippen LogP contribution in [-0.4, -0.2) is 23.3 Å². The van der Waals surface area contributed by atoms with Crippen LogP contribution in [0.25, 0.3) is 10.9 Å². The van der Waals surface area contributed by atoms with Gasteiger partial charge in [0, 0.05) is 23.8 Å². The summed E-state index contributed by atoms with van der Waals surface area (Å²) in [5.74, 6) is -0.333. The number of fused-ring (bicyclic) bond motifs is 1. The second-order valence-electron chi connectivity index (χ2n) is 4.52. The number of carbonyl (C=O) groups is 1. The fraction of sp³-hybridized carbons (Fsp3) is 0.333. The van der Waals surface area contributed by atoms with Crippen LogP contribution in [0.4, 0.5) is 0 Å². The van der Waals surface area contributed by atoms with Gasteiger partial charge in [-0.2, -0.15) is 0 Å². The van der Waals surface area contributed by atoms with Crippen LogP contribution < -0.4 is 0 Å². The minimum absolute atomic E-state index is 0.278. The molecule has 0 saturated heterocycles. The van der Waals surface area contributed by atoms with Crippen molar-refractivity contribution in [3.05, 3.63) is 36.0 Å². The summed E-state index contributed by atoms with van der Waals surface area (Å²) in [7, 11) is 0. The molecule has 4 heteroatoms. The van der Waals surface area contributed by atoms with E-state index in [1.807, 2.05) is 25.3 Å². The normalized spacial score (nSPS) is 10.6. The monoisotopic (exact) mass is 258 g/mol. The molecule has 0 aliphatic carbocycles. The van der Waals surface area contributed by atoms with E-state index in [9.17, 15) is 4.79 Å². The maximum absolute atomic E-state index is 11.8. The third-order valence-electron chi connectivity index (χ3n) is 2.98. The van der Waals surface area contributed by atoms with E-state index in [1.54, 1.807) is 12.1 Å². The summed E-state index contributed by atoms with van der Waals surface area (Å²) in [5, 5.41) is 8.70.